The number of esters is 1. The van der Waals surface area contributed by atoms with Gasteiger partial charge in [0.15, 0.2) is 29.2 Å². The van der Waals surface area contributed by atoms with Crippen LogP contribution in [0.4, 0.5) is 9.18 Å². The number of benzene rings is 3. The van der Waals surface area contributed by atoms with Crippen LogP contribution in [0.1, 0.15) is 43.5 Å². The highest BCUT2D eigenvalue weighted by Gasteiger charge is 2.32. The zero-order chi connectivity index (χ0) is 33.1. The first-order valence-electron chi connectivity index (χ1n) is 14.6. The number of halogens is 1. The lowest BCUT2D eigenvalue weighted by molar-refractivity contribution is -0.136. The average Bonchev–Trinajstić information content (AvgIpc) is 3.04. The summed E-state index contributed by atoms with van der Waals surface area (Å²) in [5.74, 6) is 0.841. The van der Waals surface area contributed by atoms with Crippen molar-refractivity contribution in [3.63, 3.8) is 0 Å². The van der Waals surface area contributed by atoms with E-state index in [1.807, 2.05) is 6.92 Å². The van der Waals surface area contributed by atoms with Crippen molar-refractivity contribution in [2.24, 2.45) is 5.10 Å². The van der Waals surface area contributed by atoms with Crippen LogP contribution in [-0.2, 0) is 16.1 Å². The highest BCUT2D eigenvalue weighted by Crippen LogP contribution is 2.35. The number of nitrogens with zero attached hydrogens (tertiary/aromatic N) is 1. The average molecular weight is 637 g/mol. The molecule has 0 bridgehead atoms. The number of hydrogen-bond acceptors (Lipinski definition) is 10. The Morgan fingerprint density at radius 3 is 2.35 bits per heavy atom. The molecule has 46 heavy (non-hydrogen) atoms. The highest BCUT2D eigenvalue weighted by atomic mass is 19.1. The fraction of sp³-hybridized carbons (Fsp3) is 0.303. The van der Waals surface area contributed by atoms with Gasteiger partial charge in [0.25, 0.3) is 0 Å². The van der Waals surface area contributed by atoms with E-state index in [-0.39, 0.29) is 24.6 Å². The largest absolute Gasteiger partial charge is 0.490 e. The Bertz CT molecular complexity index is 1580. The molecule has 244 valence electrons. The van der Waals surface area contributed by atoms with E-state index in [9.17, 15) is 19.1 Å². The highest BCUT2D eigenvalue weighted by molar-refractivity contribution is 5.95. The number of rotatable bonds is 15. The Hall–Kier alpha value is -5.30. The Labute approximate surface area is 266 Å². The molecule has 3 aromatic rings. The van der Waals surface area contributed by atoms with Crippen LogP contribution in [0.5, 0.6) is 23.0 Å². The van der Waals surface area contributed by atoms with Gasteiger partial charge in [0.1, 0.15) is 19.0 Å². The summed E-state index contributed by atoms with van der Waals surface area (Å²) in [7, 11) is 1.27. The summed E-state index contributed by atoms with van der Waals surface area (Å²) in [4.78, 5) is 24.6. The van der Waals surface area contributed by atoms with Crippen LogP contribution in [0.2, 0.25) is 0 Å². The number of hydrogen-bond donors (Lipinski definition) is 4. The minimum Gasteiger partial charge on any atom is -0.490 e. The summed E-state index contributed by atoms with van der Waals surface area (Å²) in [6.45, 7) is 6.09. The molecule has 1 aliphatic heterocycles. The first-order chi connectivity index (χ1) is 22.2. The molecule has 0 saturated carbocycles. The molecule has 13 heteroatoms. The zero-order valence-corrected chi connectivity index (χ0v) is 26.0. The maximum absolute atomic E-state index is 13.2. The van der Waals surface area contributed by atoms with Gasteiger partial charge in [-0.05, 0) is 79.9 Å². The molecule has 0 aliphatic carbocycles. The van der Waals surface area contributed by atoms with E-state index in [4.69, 9.17) is 23.7 Å². The Balaban J connectivity index is 1.37. The van der Waals surface area contributed by atoms with E-state index in [0.29, 0.717) is 53.0 Å². The first-order valence-corrected chi connectivity index (χ1v) is 14.6. The number of ether oxygens (including phenoxy) is 5. The molecule has 0 unspecified atom stereocenters. The second-order valence-corrected chi connectivity index (χ2v) is 9.97. The molecule has 1 heterocycles. The van der Waals surface area contributed by atoms with Gasteiger partial charge in [-0.2, -0.15) is 5.10 Å². The normalized spacial score (nSPS) is 15.1. The van der Waals surface area contributed by atoms with Crippen LogP contribution < -0.4 is 35.0 Å². The van der Waals surface area contributed by atoms with E-state index in [0.717, 1.165) is 5.56 Å². The van der Waals surface area contributed by atoms with Crippen molar-refractivity contribution in [2.75, 3.05) is 26.9 Å². The Morgan fingerprint density at radius 2 is 1.65 bits per heavy atom. The van der Waals surface area contributed by atoms with Gasteiger partial charge in [-0.15, -0.1) is 0 Å². The lowest BCUT2D eigenvalue weighted by atomic mass is 9.95. The molecule has 0 spiro atoms. The van der Waals surface area contributed by atoms with Crippen molar-refractivity contribution in [3.8, 4) is 23.0 Å². The van der Waals surface area contributed by atoms with Crippen molar-refractivity contribution in [1.82, 2.24) is 16.1 Å². The molecule has 12 nitrogen and oxygen atoms in total. The number of aliphatic hydroxyl groups is 1. The second kappa shape index (κ2) is 16.1. The third-order valence-corrected chi connectivity index (χ3v) is 6.68. The van der Waals surface area contributed by atoms with Gasteiger partial charge in [-0.25, -0.2) is 14.0 Å². The number of nitrogens with one attached hydrogen (secondary N) is 3. The van der Waals surface area contributed by atoms with Gasteiger partial charge in [-0.1, -0.05) is 18.2 Å². The molecule has 0 fully saturated rings. The van der Waals surface area contributed by atoms with Gasteiger partial charge in [0.05, 0.1) is 38.2 Å². The number of allylic oxidation sites excluding steroid dienone is 1. The molecule has 0 saturated heterocycles. The Kier molecular flexibility index (Phi) is 11.8. The molecular weight excluding hydrogens is 599 g/mol. The summed E-state index contributed by atoms with van der Waals surface area (Å²) in [5.41, 5.74) is 5.33. The van der Waals surface area contributed by atoms with Crippen molar-refractivity contribution < 1.29 is 42.8 Å². The lowest BCUT2D eigenvalue weighted by Gasteiger charge is -2.28. The van der Waals surface area contributed by atoms with Crippen molar-refractivity contribution in [3.05, 3.63) is 94.4 Å². The number of hydrazone groups is 1. The van der Waals surface area contributed by atoms with E-state index >= 15 is 0 Å². The molecule has 3 aromatic carbocycles. The van der Waals surface area contributed by atoms with Gasteiger partial charge < -0.3 is 39.4 Å². The standard InChI is InChI=1S/C33H37FN4O8/c1-5-43-27-15-22(9-13-25(27)45-18-21-7-11-24(34)12-8-21)17-35-38-29(39)19-46-26-14-10-23(16-28(26)44-6-2)31-30(32(40)42-4)20(3)36-33(41)37-31/h7-17,29,31,38-39H,5-6,18-19H2,1-4H3,(H2,36,37,41)/b35-17-/t29-,31+/m1/s1. The third-order valence-electron chi connectivity index (χ3n) is 6.68. The smallest absolute Gasteiger partial charge is 0.337 e. The minimum atomic E-state index is -1.17. The summed E-state index contributed by atoms with van der Waals surface area (Å²) in [5, 5.41) is 19.9. The summed E-state index contributed by atoms with van der Waals surface area (Å²) in [6, 6.07) is 15.1. The monoisotopic (exact) mass is 636 g/mol. The minimum absolute atomic E-state index is 0.173. The van der Waals surface area contributed by atoms with Crippen LogP contribution in [0.3, 0.4) is 0 Å². The van der Waals surface area contributed by atoms with Gasteiger partial charge in [-0.3, -0.25) is 5.43 Å². The summed E-state index contributed by atoms with van der Waals surface area (Å²) in [6.07, 6.45) is 0.341. The predicted octanol–water partition coefficient (Wildman–Crippen LogP) is 4.32. The van der Waals surface area contributed by atoms with E-state index in [1.54, 1.807) is 62.4 Å². The van der Waals surface area contributed by atoms with E-state index in [2.05, 4.69) is 21.2 Å². The number of carbonyl (C=O) groups is 2. The SMILES string of the molecule is CCOc1cc(/C=N\N[C@H](O)COc2ccc([C@@H]3NC(=O)NC(C)=C3C(=O)OC)cc2OCC)ccc1OCc1ccc(F)cc1. The molecule has 1 aliphatic rings. The number of amides is 2. The molecule has 4 rings (SSSR count). The van der Waals surface area contributed by atoms with Gasteiger partial charge in [0.2, 0.25) is 0 Å². The fourth-order valence-corrected chi connectivity index (χ4v) is 4.55. The number of methoxy groups -OCH3 is 1. The van der Waals surface area contributed by atoms with Crippen LogP contribution in [0.25, 0.3) is 0 Å². The summed E-state index contributed by atoms with van der Waals surface area (Å²) < 4.78 is 41.2. The molecule has 4 N–H and O–H groups in total. The van der Waals surface area contributed by atoms with E-state index in [1.165, 1.54) is 25.5 Å². The van der Waals surface area contributed by atoms with Crippen LogP contribution in [-0.4, -0.2) is 56.5 Å². The maximum atomic E-state index is 13.2. The lowest BCUT2D eigenvalue weighted by Crippen LogP contribution is -2.45. The first kappa shape index (κ1) is 33.6. The van der Waals surface area contributed by atoms with Gasteiger partial charge >= 0.3 is 12.0 Å². The number of urea groups is 1. The maximum Gasteiger partial charge on any atom is 0.337 e. The van der Waals surface area contributed by atoms with Gasteiger partial charge in [0, 0.05) is 5.70 Å². The van der Waals surface area contributed by atoms with E-state index < -0.39 is 24.3 Å². The molecule has 2 atom stereocenters. The number of carbonyl (C=O) groups excluding carboxylic acids is 2. The second-order valence-electron chi connectivity index (χ2n) is 9.97. The van der Waals surface area contributed by atoms with Crippen molar-refractivity contribution in [2.45, 2.75) is 39.6 Å². The quantitative estimate of drug-likeness (QED) is 0.0828. The zero-order valence-electron chi connectivity index (χ0n) is 26.0. The molecule has 0 aromatic heterocycles. The van der Waals surface area contributed by atoms with Crippen LogP contribution in [0, 0.1) is 5.82 Å². The summed E-state index contributed by atoms with van der Waals surface area (Å²) >= 11 is 0. The van der Waals surface area contributed by atoms with Crippen molar-refractivity contribution >= 4 is 18.2 Å². The van der Waals surface area contributed by atoms with Crippen LogP contribution >= 0.6 is 0 Å². The molecule has 0 radical (unpaired) electrons. The fourth-order valence-electron chi connectivity index (χ4n) is 4.55. The van der Waals surface area contributed by atoms with Crippen LogP contribution in [0.15, 0.2) is 77.0 Å². The third kappa shape index (κ3) is 8.88. The molecular formula is C33H37FN4O8. The Morgan fingerprint density at radius 1 is 0.978 bits per heavy atom. The predicted molar refractivity (Wildman–Crippen MR) is 167 cm³/mol. The topological polar surface area (TPSA) is 149 Å². The van der Waals surface area contributed by atoms with Crippen molar-refractivity contribution in [1.29, 1.82) is 0 Å². The molecule has 2 amide bonds. The number of aliphatic hydroxyl groups excluding tert-OH is 1.